The molecule has 1 unspecified atom stereocenters. The Balaban J connectivity index is 1.21. The van der Waals surface area contributed by atoms with Crippen molar-refractivity contribution in [3.63, 3.8) is 0 Å². The molecule has 3 aliphatic rings. The third-order valence-electron chi connectivity index (χ3n) is 6.17. The van der Waals surface area contributed by atoms with E-state index in [2.05, 4.69) is 25.4 Å². The fourth-order valence-corrected chi connectivity index (χ4v) is 4.51. The van der Waals surface area contributed by atoms with E-state index in [-0.39, 0.29) is 11.8 Å². The van der Waals surface area contributed by atoms with Crippen LogP contribution >= 0.6 is 0 Å². The first-order valence-electron chi connectivity index (χ1n) is 9.68. The van der Waals surface area contributed by atoms with Gasteiger partial charge < -0.3 is 15.2 Å². The van der Waals surface area contributed by atoms with Gasteiger partial charge in [-0.1, -0.05) is 6.42 Å². The van der Waals surface area contributed by atoms with Crippen LogP contribution in [-0.4, -0.2) is 40.3 Å². The van der Waals surface area contributed by atoms with Gasteiger partial charge in [-0.2, -0.15) is 0 Å². The van der Waals surface area contributed by atoms with Gasteiger partial charge in [0.05, 0.1) is 0 Å². The Morgan fingerprint density at radius 3 is 3.00 bits per heavy atom. The van der Waals surface area contributed by atoms with E-state index in [9.17, 15) is 4.79 Å². The number of nitrogens with zero attached hydrogens (tertiary/aromatic N) is 3. The predicted octanol–water partition coefficient (Wildman–Crippen LogP) is 1.44. The molecule has 1 saturated carbocycles. The molecule has 6 heteroatoms. The van der Waals surface area contributed by atoms with Crippen LogP contribution in [-0.2, 0) is 24.2 Å². The number of piperidine rings is 1. The lowest BCUT2D eigenvalue weighted by atomic mass is 9.92. The minimum atomic E-state index is 0.268. The minimum Gasteiger partial charge on any atom is -0.356 e. The topological polar surface area (TPSA) is 71.8 Å². The minimum absolute atomic E-state index is 0.268. The van der Waals surface area contributed by atoms with Crippen molar-refractivity contribution in [1.82, 2.24) is 25.4 Å². The number of carbonyl (C=O) groups excluding carboxylic acids is 1. The smallest absolute Gasteiger partial charge is 0.223 e. The summed E-state index contributed by atoms with van der Waals surface area (Å²) in [6.07, 6.45) is 10.1. The highest BCUT2D eigenvalue weighted by molar-refractivity contribution is 5.82. The van der Waals surface area contributed by atoms with Crippen molar-refractivity contribution in [2.45, 2.75) is 64.3 Å². The van der Waals surface area contributed by atoms with Gasteiger partial charge in [-0.15, -0.1) is 10.2 Å². The van der Waals surface area contributed by atoms with E-state index >= 15 is 0 Å². The van der Waals surface area contributed by atoms with Gasteiger partial charge >= 0.3 is 0 Å². The number of fused-ring (bicyclic) bond motifs is 1. The number of amides is 1. The summed E-state index contributed by atoms with van der Waals surface area (Å²) in [7, 11) is 0. The number of rotatable bonds is 5. The summed E-state index contributed by atoms with van der Waals surface area (Å²) in [4.78, 5) is 12.4. The van der Waals surface area contributed by atoms with Crippen molar-refractivity contribution >= 4 is 5.91 Å². The molecular formula is C18H29N5O. The standard InChI is InChI=1S/C18H29N5O/c24-17(14-13-18(14)7-10-19-11-8-18)20-9-4-6-16-22-21-15-5-2-1-3-12-23(15)16/h14,19H,1-13H2,(H,20,24). The normalized spacial score (nSPS) is 25.1. The van der Waals surface area contributed by atoms with Crippen LogP contribution in [0.25, 0.3) is 0 Å². The highest BCUT2D eigenvalue weighted by atomic mass is 16.2. The quantitative estimate of drug-likeness (QED) is 0.801. The summed E-state index contributed by atoms with van der Waals surface area (Å²) in [5.41, 5.74) is 0.333. The molecule has 132 valence electrons. The summed E-state index contributed by atoms with van der Waals surface area (Å²) >= 11 is 0. The Labute approximate surface area is 143 Å². The molecule has 1 aromatic heterocycles. The molecule has 24 heavy (non-hydrogen) atoms. The molecule has 2 N–H and O–H groups in total. The monoisotopic (exact) mass is 331 g/mol. The number of nitrogens with one attached hydrogen (secondary N) is 2. The van der Waals surface area contributed by atoms with Gasteiger partial charge in [0.1, 0.15) is 11.6 Å². The van der Waals surface area contributed by atoms with E-state index in [1.54, 1.807) is 0 Å². The van der Waals surface area contributed by atoms with Crippen LogP contribution in [0.1, 0.15) is 56.6 Å². The van der Waals surface area contributed by atoms with Gasteiger partial charge in [0.25, 0.3) is 0 Å². The zero-order valence-electron chi connectivity index (χ0n) is 14.5. The van der Waals surface area contributed by atoms with Crippen LogP contribution < -0.4 is 10.6 Å². The SMILES string of the molecule is O=C(NCCCc1nnc2n1CCCCC2)C1CC12CCNCC2. The van der Waals surface area contributed by atoms with Crippen molar-refractivity contribution in [2.24, 2.45) is 11.3 Å². The van der Waals surface area contributed by atoms with Gasteiger partial charge in [-0.05, 0) is 57.0 Å². The number of hydrogen-bond acceptors (Lipinski definition) is 4. The Kier molecular flexibility index (Phi) is 4.57. The van der Waals surface area contributed by atoms with Gasteiger partial charge in [0.15, 0.2) is 0 Å². The molecule has 4 rings (SSSR count). The van der Waals surface area contributed by atoms with E-state index in [0.717, 1.165) is 76.4 Å². The molecule has 1 atom stereocenters. The first kappa shape index (κ1) is 16.1. The highest BCUT2D eigenvalue weighted by Crippen LogP contribution is 2.58. The van der Waals surface area contributed by atoms with E-state index in [0.29, 0.717) is 5.41 Å². The Bertz CT molecular complexity index is 590. The van der Waals surface area contributed by atoms with Crippen molar-refractivity contribution in [3.05, 3.63) is 11.6 Å². The third-order valence-corrected chi connectivity index (χ3v) is 6.17. The van der Waals surface area contributed by atoms with Gasteiger partial charge in [-0.3, -0.25) is 4.79 Å². The average Bonchev–Trinajstić information content (AvgIpc) is 3.24. The van der Waals surface area contributed by atoms with Crippen molar-refractivity contribution in [1.29, 1.82) is 0 Å². The molecule has 6 nitrogen and oxygen atoms in total. The zero-order chi connectivity index (χ0) is 16.4. The Morgan fingerprint density at radius 1 is 1.25 bits per heavy atom. The van der Waals surface area contributed by atoms with E-state index < -0.39 is 0 Å². The summed E-state index contributed by atoms with van der Waals surface area (Å²) in [6, 6.07) is 0. The number of carbonyl (C=O) groups is 1. The van der Waals surface area contributed by atoms with E-state index in [1.165, 1.54) is 19.3 Å². The molecule has 0 aromatic carbocycles. The van der Waals surface area contributed by atoms with Crippen LogP contribution in [0.15, 0.2) is 0 Å². The molecule has 1 saturated heterocycles. The second-order valence-electron chi connectivity index (χ2n) is 7.76. The lowest BCUT2D eigenvalue weighted by Crippen LogP contribution is -2.34. The van der Waals surface area contributed by atoms with Crippen LogP contribution in [0.5, 0.6) is 0 Å². The number of hydrogen-bond donors (Lipinski definition) is 2. The fraction of sp³-hybridized carbons (Fsp3) is 0.833. The molecule has 0 bridgehead atoms. The maximum Gasteiger partial charge on any atom is 0.223 e. The average molecular weight is 331 g/mol. The van der Waals surface area contributed by atoms with E-state index in [1.807, 2.05) is 0 Å². The molecule has 1 amide bonds. The fourth-order valence-electron chi connectivity index (χ4n) is 4.51. The maximum absolute atomic E-state index is 12.4. The van der Waals surface area contributed by atoms with Crippen LogP contribution in [0.2, 0.25) is 0 Å². The second-order valence-corrected chi connectivity index (χ2v) is 7.76. The molecule has 2 aliphatic heterocycles. The van der Waals surface area contributed by atoms with Crippen LogP contribution in [0, 0.1) is 11.3 Å². The van der Waals surface area contributed by atoms with Crippen LogP contribution in [0.3, 0.4) is 0 Å². The van der Waals surface area contributed by atoms with Gasteiger partial charge in [-0.25, -0.2) is 0 Å². The summed E-state index contributed by atoms with van der Waals surface area (Å²) in [5.74, 6) is 2.79. The molecule has 2 fully saturated rings. The largest absolute Gasteiger partial charge is 0.356 e. The molecule has 0 radical (unpaired) electrons. The van der Waals surface area contributed by atoms with Gasteiger partial charge in [0, 0.05) is 31.8 Å². The van der Waals surface area contributed by atoms with Gasteiger partial charge in [0.2, 0.25) is 5.91 Å². The lowest BCUT2D eigenvalue weighted by molar-refractivity contribution is -0.123. The molecule has 1 spiro atoms. The van der Waals surface area contributed by atoms with Crippen molar-refractivity contribution in [2.75, 3.05) is 19.6 Å². The predicted molar refractivity (Wildman–Crippen MR) is 91.6 cm³/mol. The molecular weight excluding hydrogens is 302 g/mol. The summed E-state index contributed by atoms with van der Waals surface area (Å²) < 4.78 is 2.31. The number of aryl methyl sites for hydroxylation is 2. The summed E-state index contributed by atoms with van der Waals surface area (Å²) in [5, 5.41) is 15.3. The summed E-state index contributed by atoms with van der Waals surface area (Å²) in [6.45, 7) is 3.96. The zero-order valence-corrected chi connectivity index (χ0v) is 14.5. The first-order chi connectivity index (χ1) is 11.8. The number of aromatic nitrogens is 3. The Hall–Kier alpha value is -1.43. The first-order valence-corrected chi connectivity index (χ1v) is 9.68. The molecule has 1 aliphatic carbocycles. The second kappa shape index (κ2) is 6.82. The molecule has 3 heterocycles. The Morgan fingerprint density at radius 2 is 2.12 bits per heavy atom. The van der Waals surface area contributed by atoms with Crippen molar-refractivity contribution in [3.8, 4) is 0 Å². The van der Waals surface area contributed by atoms with Crippen LogP contribution in [0.4, 0.5) is 0 Å². The lowest BCUT2D eigenvalue weighted by Gasteiger charge is -2.23. The third kappa shape index (κ3) is 3.21. The van der Waals surface area contributed by atoms with Crippen molar-refractivity contribution < 1.29 is 4.79 Å². The molecule has 1 aromatic rings. The maximum atomic E-state index is 12.4. The highest BCUT2D eigenvalue weighted by Gasteiger charge is 2.57. The van der Waals surface area contributed by atoms with E-state index in [4.69, 9.17) is 0 Å².